The number of rotatable bonds is 6. The van der Waals surface area contributed by atoms with Crippen LogP contribution in [0.4, 0.5) is 0 Å². The van der Waals surface area contributed by atoms with Crippen molar-refractivity contribution in [2.45, 2.75) is 20.1 Å². The second-order valence-corrected chi connectivity index (χ2v) is 7.15. The molecule has 0 saturated carbocycles. The van der Waals surface area contributed by atoms with Gasteiger partial charge in [0.05, 0.1) is 12.3 Å². The van der Waals surface area contributed by atoms with Gasteiger partial charge in [0, 0.05) is 41.8 Å². The molecule has 2 aromatic heterocycles. The fourth-order valence-electron chi connectivity index (χ4n) is 3.33. The standard InChI is InChI=1S/C25H22N4O2/c1-17-27-13-18(14-28-17)15-29-25(31)22-11-20(23-7-3-2-6-19(23)16-30)10-21(12-22)24-8-4-5-9-26-24/h2-14,30H,15-16H2,1H3,(H,29,31). The van der Waals surface area contributed by atoms with Crippen molar-refractivity contribution < 1.29 is 9.90 Å². The van der Waals surface area contributed by atoms with Gasteiger partial charge in [-0.05, 0) is 53.9 Å². The Morgan fingerprint density at radius 3 is 2.42 bits per heavy atom. The first kappa shape index (κ1) is 20.4. The number of pyridine rings is 1. The molecule has 4 aromatic rings. The predicted octanol–water partition coefficient (Wildman–Crippen LogP) is 3.94. The molecule has 6 heteroatoms. The van der Waals surface area contributed by atoms with Gasteiger partial charge < -0.3 is 10.4 Å². The van der Waals surface area contributed by atoms with Crippen molar-refractivity contribution in [1.29, 1.82) is 0 Å². The number of nitrogens with one attached hydrogen (secondary N) is 1. The lowest BCUT2D eigenvalue weighted by molar-refractivity contribution is 0.0951. The van der Waals surface area contributed by atoms with E-state index >= 15 is 0 Å². The van der Waals surface area contributed by atoms with Crippen LogP contribution in [-0.4, -0.2) is 26.0 Å². The zero-order chi connectivity index (χ0) is 21.6. The van der Waals surface area contributed by atoms with Gasteiger partial charge in [0.25, 0.3) is 5.91 Å². The van der Waals surface area contributed by atoms with Crippen molar-refractivity contribution in [3.05, 3.63) is 102 Å². The summed E-state index contributed by atoms with van der Waals surface area (Å²) in [4.78, 5) is 25.7. The average Bonchev–Trinajstić information content (AvgIpc) is 2.83. The zero-order valence-electron chi connectivity index (χ0n) is 17.1. The summed E-state index contributed by atoms with van der Waals surface area (Å²) in [5.41, 5.74) is 5.45. The van der Waals surface area contributed by atoms with Crippen LogP contribution in [0.15, 0.2) is 79.3 Å². The molecule has 0 radical (unpaired) electrons. The van der Waals surface area contributed by atoms with E-state index < -0.39 is 0 Å². The average molecular weight is 410 g/mol. The molecule has 0 atom stereocenters. The highest BCUT2D eigenvalue weighted by atomic mass is 16.3. The molecule has 2 N–H and O–H groups in total. The molecule has 154 valence electrons. The Bertz CT molecular complexity index is 1190. The van der Waals surface area contributed by atoms with Crippen molar-refractivity contribution in [2.24, 2.45) is 0 Å². The Morgan fingerprint density at radius 2 is 1.68 bits per heavy atom. The predicted molar refractivity (Wildman–Crippen MR) is 119 cm³/mol. The lowest BCUT2D eigenvalue weighted by Gasteiger charge is -2.13. The molecule has 2 aromatic carbocycles. The molecule has 0 aliphatic carbocycles. The zero-order valence-corrected chi connectivity index (χ0v) is 17.1. The number of amides is 1. The van der Waals surface area contributed by atoms with Crippen LogP contribution in [0.3, 0.4) is 0 Å². The maximum Gasteiger partial charge on any atom is 0.251 e. The summed E-state index contributed by atoms with van der Waals surface area (Å²) in [6.45, 7) is 2.06. The molecule has 0 fully saturated rings. The van der Waals surface area contributed by atoms with Crippen molar-refractivity contribution in [3.8, 4) is 22.4 Å². The van der Waals surface area contributed by atoms with Gasteiger partial charge >= 0.3 is 0 Å². The van der Waals surface area contributed by atoms with Crippen LogP contribution < -0.4 is 5.32 Å². The van der Waals surface area contributed by atoms with Gasteiger partial charge in [-0.2, -0.15) is 0 Å². The van der Waals surface area contributed by atoms with Gasteiger partial charge in [-0.25, -0.2) is 9.97 Å². The number of benzene rings is 2. The molecule has 0 aliphatic rings. The highest BCUT2D eigenvalue weighted by Gasteiger charge is 2.13. The topological polar surface area (TPSA) is 88.0 Å². The molecular weight excluding hydrogens is 388 g/mol. The number of carbonyl (C=O) groups excluding carboxylic acids is 1. The van der Waals surface area contributed by atoms with Crippen LogP contribution in [-0.2, 0) is 13.2 Å². The van der Waals surface area contributed by atoms with Crippen LogP contribution in [0.1, 0.15) is 27.3 Å². The molecule has 0 spiro atoms. The van der Waals surface area contributed by atoms with Crippen molar-refractivity contribution in [3.63, 3.8) is 0 Å². The van der Waals surface area contributed by atoms with E-state index in [0.717, 1.165) is 33.5 Å². The van der Waals surface area contributed by atoms with E-state index in [1.807, 2.05) is 67.6 Å². The van der Waals surface area contributed by atoms with Crippen molar-refractivity contribution in [2.75, 3.05) is 0 Å². The fourth-order valence-corrected chi connectivity index (χ4v) is 3.33. The molecule has 31 heavy (non-hydrogen) atoms. The summed E-state index contributed by atoms with van der Waals surface area (Å²) in [5.74, 6) is 0.478. The number of carbonyl (C=O) groups is 1. The fraction of sp³-hybridized carbons (Fsp3) is 0.120. The summed E-state index contributed by atoms with van der Waals surface area (Å²) in [6.07, 6.45) is 5.13. The maximum absolute atomic E-state index is 13.0. The summed E-state index contributed by atoms with van der Waals surface area (Å²) in [7, 11) is 0. The SMILES string of the molecule is Cc1ncc(CNC(=O)c2cc(-c3ccccn3)cc(-c3ccccc3CO)c2)cn1. The third kappa shape index (κ3) is 4.82. The van der Waals surface area contributed by atoms with Gasteiger partial charge in [-0.15, -0.1) is 0 Å². The molecule has 0 unspecified atom stereocenters. The summed E-state index contributed by atoms with van der Waals surface area (Å²) >= 11 is 0. The second-order valence-electron chi connectivity index (χ2n) is 7.15. The van der Waals surface area contributed by atoms with Gasteiger partial charge in [-0.3, -0.25) is 9.78 Å². The Labute approximate surface area is 180 Å². The van der Waals surface area contributed by atoms with E-state index in [1.165, 1.54) is 0 Å². The first-order chi connectivity index (χ1) is 15.1. The number of aryl methyl sites for hydroxylation is 1. The number of hydrogen-bond donors (Lipinski definition) is 2. The number of aliphatic hydroxyl groups is 1. The molecule has 0 aliphatic heterocycles. The minimum Gasteiger partial charge on any atom is -0.392 e. The molecule has 2 heterocycles. The quantitative estimate of drug-likeness (QED) is 0.503. The molecule has 0 saturated heterocycles. The van der Waals surface area contributed by atoms with Crippen LogP contribution in [0.2, 0.25) is 0 Å². The number of hydrogen-bond acceptors (Lipinski definition) is 5. The lowest BCUT2D eigenvalue weighted by Crippen LogP contribution is -2.23. The Kier molecular flexibility index (Phi) is 6.10. The van der Waals surface area contributed by atoms with E-state index in [4.69, 9.17) is 0 Å². The second kappa shape index (κ2) is 9.28. The van der Waals surface area contributed by atoms with E-state index in [2.05, 4.69) is 20.3 Å². The molecule has 1 amide bonds. The number of aromatic nitrogens is 3. The third-order valence-electron chi connectivity index (χ3n) is 4.94. The van der Waals surface area contributed by atoms with Crippen molar-refractivity contribution >= 4 is 5.91 Å². The number of nitrogens with zero attached hydrogens (tertiary/aromatic N) is 3. The highest BCUT2D eigenvalue weighted by molar-refractivity contribution is 5.97. The Morgan fingerprint density at radius 1 is 0.935 bits per heavy atom. The van der Waals surface area contributed by atoms with Gasteiger partial charge in [0.15, 0.2) is 0 Å². The van der Waals surface area contributed by atoms with E-state index in [1.54, 1.807) is 18.6 Å². The van der Waals surface area contributed by atoms with Crippen LogP contribution >= 0.6 is 0 Å². The maximum atomic E-state index is 13.0. The highest BCUT2D eigenvalue weighted by Crippen LogP contribution is 2.30. The van der Waals surface area contributed by atoms with Crippen LogP contribution in [0, 0.1) is 6.92 Å². The summed E-state index contributed by atoms with van der Waals surface area (Å²) in [5, 5.41) is 12.7. The normalized spacial score (nSPS) is 10.6. The summed E-state index contributed by atoms with van der Waals surface area (Å²) < 4.78 is 0. The molecule has 4 rings (SSSR count). The lowest BCUT2D eigenvalue weighted by atomic mass is 9.95. The van der Waals surface area contributed by atoms with E-state index in [-0.39, 0.29) is 12.5 Å². The van der Waals surface area contributed by atoms with Crippen LogP contribution in [0.25, 0.3) is 22.4 Å². The largest absolute Gasteiger partial charge is 0.392 e. The van der Waals surface area contributed by atoms with Gasteiger partial charge in [0.2, 0.25) is 0 Å². The van der Waals surface area contributed by atoms with Gasteiger partial charge in [0.1, 0.15) is 5.82 Å². The van der Waals surface area contributed by atoms with Crippen LogP contribution in [0.5, 0.6) is 0 Å². The minimum absolute atomic E-state index is 0.0844. The monoisotopic (exact) mass is 410 g/mol. The first-order valence-corrected chi connectivity index (χ1v) is 9.95. The third-order valence-corrected chi connectivity index (χ3v) is 4.94. The first-order valence-electron chi connectivity index (χ1n) is 9.95. The van der Waals surface area contributed by atoms with Gasteiger partial charge in [-0.1, -0.05) is 30.3 Å². The van der Waals surface area contributed by atoms with Crippen molar-refractivity contribution in [1.82, 2.24) is 20.3 Å². The number of aliphatic hydroxyl groups excluding tert-OH is 1. The minimum atomic E-state index is -0.207. The van der Waals surface area contributed by atoms with E-state index in [0.29, 0.717) is 17.9 Å². The Hall–Kier alpha value is -3.90. The Balaban J connectivity index is 1.70. The molecule has 6 nitrogen and oxygen atoms in total. The summed E-state index contributed by atoms with van der Waals surface area (Å²) in [6, 6.07) is 18.9. The molecule has 0 bridgehead atoms. The van der Waals surface area contributed by atoms with E-state index in [9.17, 15) is 9.90 Å². The molecular formula is C25H22N4O2. The smallest absolute Gasteiger partial charge is 0.251 e.